The molecule has 8 atom stereocenters. The summed E-state index contributed by atoms with van der Waals surface area (Å²) >= 11 is 0. The highest BCUT2D eigenvalue weighted by Gasteiger charge is 2.71. The molecule has 5 rings (SSSR count). The van der Waals surface area contributed by atoms with Crippen molar-refractivity contribution in [3.05, 3.63) is 29.8 Å². The number of hydrogen-bond acceptors (Lipinski definition) is 4. The molecule has 4 heteroatoms. The zero-order chi connectivity index (χ0) is 20.7. The van der Waals surface area contributed by atoms with Crippen LogP contribution in [0.25, 0.3) is 0 Å². The van der Waals surface area contributed by atoms with Crippen LogP contribution in [0.4, 0.5) is 0 Å². The topological polar surface area (TPSA) is 80.9 Å². The van der Waals surface area contributed by atoms with Gasteiger partial charge in [0.1, 0.15) is 5.75 Å². The van der Waals surface area contributed by atoms with E-state index in [2.05, 4.69) is 13.8 Å². The molecule has 4 aliphatic rings. The minimum absolute atomic E-state index is 0.160. The summed E-state index contributed by atoms with van der Waals surface area (Å²) < 4.78 is 0. The number of aliphatic hydroxyl groups excluding tert-OH is 1. The van der Waals surface area contributed by atoms with E-state index in [0.717, 1.165) is 50.5 Å². The SMILES string of the molecule is C[C@]12CCC(O)CC1CC[C@@H]1[C@H]2CC[C@]2(C)C(O)(c3ccc(O)cc3)CC[C@@]12O. The molecule has 0 saturated heterocycles. The van der Waals surface area contributed by atoms with E-state index in [1.807, 2.05) is 12.1 Å². The largest absolute Gasteiger partial charge is 0.508 e. The zero-order valence-electron chi connectivity index (χ0n) is 17.8. The van der Waals surface area contributed by atoms with Gasteiger partial charge >= 0.3 is 0 Å². The van der Waals surface area contributed by atoms with Gasteiger partial charge in [0.2, 0.25) is 0 Å². The lowest BCUT2D eigenvalue weighted by Crippen LogP contribution is -2.64. The third-order valence-electron chi connectivity index (χ3n) is 10.3. The number of aliphatic hydroxyl groups is 3. The van der Waals surface area contributed by atoms with Crippen molar-refractivity contribution in [2.75, 3.05) is 0 Å². The second-order valence-electron chi connectivity index (χ2n) is 11.1. The summed E-state index contributed by atoms with van der Waals surface area (Å²) in [4.78, 5) is 0. The maximum absolute atomic E-state index is 12.2. The van der Waals surface area contributed by atoms with E-state index in [0.29, 0.717) is 24.7 Å². The first kappa shape index (κ1) is 19.8. The number of hydrogen-bond donors (Lipinski definition) is 4. The Morgan fingerprint density at radius 3 is 2.28 bits per heavy atom. The van der Waals surface area contributed by atoms with Crippen molar-refractivity contribution in [3.8, 4) is 5.75 Å². The average Bonchev–Trinajstić information content (AvgIpc) is 2.91. The van der Waals surface area contributed by atoms with Gasteiger partial charge in [0.05, 0.1) is 17.3 Å². The number of phenolic OH excluding ortho intramolecular Hbond substituents is 1. The molecule has 4 fully saturated rings. The van der Waals surface area contributed by atoms with E-state index in [1.54, 1.807) is 12.1 Å². The molecule has 4 aliphatic carbocycles. The first-order valence-corrected chi connectivity index (χ1v) is 11.6. The van der Waals surface area contributed by atoms with E-state index >= 15 is 0 Å². The van der Waals surface area contributed by atoms with Gasteiger partial charge in [-0.15, -0.1) is 0 Å². The van der Waals surface area contributed by atoms with Crippen molar-refractivity contribution < 1.29 is 20.4 Å². The predicted octanol–water partition coefficient (Wildman–Crippen LogP) is 4.10. The second-order valence-corrected chi connectivity index (χ2v) is 11.1. The molecule has 4 N–H and O–H groups in total. The van der Waals surface area contributed by atoms with Gasteiger partial charge in [0.15, 0.2) is 0 Å². The van der Waals surface area contributed by atoms with Crippen LogP contribution < -0.4 is 0 Å². The minimum atomic E-state index is -1.07. The van der Waals surface area contributed by atoms with Gasteiger partial charge in [0, 0.05) is 5.41 Å². The fraction of sp³-hybridized carbons (Fsp3) is 0.760. The summed E-state index contributed by atoms with van der Waals surface area (Å²) in [6, 6.07) is 6.91. The molecule has 0 amide bonds. The summed E-state index contributed by atoms with van der Waals surface area (Å²) in [5.41, 5.74) is -1.52. The zero-order valence-corrected chi connectivity index (χ0v) is 17.8. The van der Waals surface area contributed by atoms with Crippen LogP contribution in [-0.4, -0.2) is 32.1 Å². The fourth-order valence-corrected chi connectivity index (χ4v) is 8.42. The average molecular weight is 401 g/mol. The highest BCUT2D eigenvalue weighted by atomic mass is 16.3. The predicted molar refractivity (Wildman–Crippen MR) is 111 cm³/mol. The monoisotopic (exact) mass is 400 g/mol. The molecule has 29 heavy (non-hydrogen) atoms. The first-order valence-electron chi connectivity index (χ1n) is 11.6. The van der Waals surface area contributed by atoms with Gasteiger partial charge in [0.25, 0.3) is 0 Å². The van der Waals surface area contributed by atoms with Crippen molar-refractivity contribution in [3.63, 3.8) is 0 Å². The Hall–Kier alpha value is -1.10. The van der Waals surface area contributed by atoms with Crippen LogP contribution in [-0.2, 0) is 5.60 Å². The van der Waals surface area contributed by atoms with E-state index in [4.69, 9.17) is 0 Å². The summed E-state index contributed by atoms with van der Waals surface area (Å²) in [7, 11) is 0. The molecule has 0 aromatic heterocycles. The standard InChI is InChI=1S/C25H36O4/c1-22-11-9-19(27)15-17(22)5-8-21-20(22)10-12-23(2)24(28,13-14-25(21,23)29)16-3-6-18(26)7-4-16/h3-4,6-7,17,19-21,26-29H,5,8-15H2,1-2H3/t17?,19?,20-,21-,22+,23-,24?,25-/m1/s1. The minimum Gasteiger partial charge on any atom is -0.508 e. The van der Waals surface area contributed by atoms with Crippen LogP contribution in [0.2, 0.25) is 0 Å². The van der Waals surface area contributed by atoms with Crippen LogP contribution in [0.1, 0.15) is 77.2 Å². The molecule has 1 aromatic rings. The van der Waals surface area contributed by atoms with Crippen molar-refractivity contribution in [2.45, 2.75) is 88.9 Å². The van der Waals surface area contributed by atoms with Gasteiger partial charge in [-0.25, -0.2) is 0 Å². The van der Waals surface area contributed by atoms with Crippen molar-refractivity contribution in [2.24, 2.45) is 28.6 Å². The summed E-state index contributed by atoms with van der Waals surface area (Å²) in [6.45, 7) is 4.51. The number of fused-ring (bicyclic) bond motifs is 5. The second kappa shape index (κ2) is 6.21. The molecule has 0 spiro atoms. The van der Waals surface area contributed by atoms with E-state index < -0.39 is 16.6 Å². The Labute approximate surface area is 174 Å². The highest BCUT2D eigenvalue weighted by Crippen LogP contribution is 2.71. The first-order chi connectivity index (χ1) is 13.6. The van der Waals surface area contributed by atoms with Gasteiger partial charge in [-0.3, -0.25) is 0 Å². The van der Waals surface area contributed by atoms with Crippen molar-refractivity contribution >= 4 is 0 Å². The smallest absolute Gasteiger partial charge is 0.115 e. The molecular weight excluding hydrogens is 364 g/mol. The van der Waals surface area contributed by atoms with Gasteiger partial charge in [-0.05, 0) is 98.7 Å². The molecule has 4 saturated carbocycles. The molecule has 160 valence electrons. The molecule has 0 aliphatic heterocycles. The lowest BCUT2D eigenvalue weighted by atomic mass is 9.43. The van der Waals surface area contributed by atoms with Crippen LogP contribution in [0.5, 0.6) is 5.75 Å². The molecule has 1 aromatic carbocycles. The van der Waals surface area contributed by atoms with E-state index in [1.165, 1.54) is 0 Å². The van der Waals surface area contributed by atoms with Crippen LogP contribution in [0, 0.1) is 28.6 Å². The molecule has 0 heterocycles. The highest BCUT2D eigenvalue weighted by molar-refractivity contribution is 5.35. The molecular formula is C25H36O4. The Balaban J connectivity index is 1.52. The Kier molecular flexibility index (Phi) is 4.25. The maximum atomic E-state index is 12.2. The summed E-state index contributed by atoms with van der Waals surface area (Å²) in [5.74, 6) is 1.43. The molecule has 4 nitrogen and oxygen atoms in total. The molecule has 3 unspecified atom stereocenters. The Bertz CT molecular complexity index is 793. The molecule has 0 radical (unpaired) electrons. The lowest BCUT2D eigenvalue weighted by Gasteiger charge is -2.64. The van der Waals surface area contributed by atoms with Gasteiger partial charge in [-0.1, -0.05) is 26.0 Å². The molecule has 0 bridgehead atoms. The van der Waals surface area contributed by atoms with E-state index in [-0.39, 0.29) is 23.2 Å². The number of benzene rings is 1. The number of phenols is 1. The van der Waals surface area contributed by atoms with Crippen LogP contribution >= 0.6 is 0 Å². The fourth-order valence-electron chi connectivity index (χ4n) is 8.42. The Morgan fingerprint density at radius 2 is 1.55 bits per heavy atom. The van der Waals surface area contributed by atoms with Crippen LogP contribution in [0.3, 0.4) is 0 Å². The third kappa shape index (κ3) is 2.43. The van der Waals surface area contributed by atoms with Crippen molar-refractivity contribution in [1.29, 1.82) is 0 Å². The summed E-state index contributed by atoms with van der Waals surface area (Å²) in [6.07, 6.45) is 7.79. The van der Waals surface area contributed by atoms with Gasteiger partial charge < -0.3 is 20.4 Å². The van der Waals surface area contributed by atoms with Crippen molar-refractivity contribution in [1.82, 2.24) is 0 Å². The Morgan fingerprint density at radius 1 is 0.828 bits per heavy atom. The lowest BCUT2D eigenvalue weighted by molar-refractivity contribution is -0.238. The third-order valence-corrected chi connectivity index (χ3v) is 10.3. The maximum Gasteiger partial charge on any atom is 0.115 e. The van der Waals surface area contributed by atoms with Gasteiger partial charge in [-0.2, -0.15) is 0 Å². The normalized spacial score (nSPS) is 51.8. The summed E-state index contributed by atoms with van der Waals surface area (Å²) in [5, 5.41) is 44.0. The number of rotatable bonds is 1. The van der Waals surface area contributed by atoms with E-state index in [9.17, 15) is 20.4 Å². The van der Waals surface area contributed by atoms with Crippen LogP contribution in [0.15, 0.2) is 24.3 Å². The quantitative estimate of drug-likeness (QED) is 0.572. The number of aromatic hydroxyl groups is 1.